The molecule has 0 radical (unpaired) electrons. The Kier molecular flexibility index (Phi) is 4.76. The van der Waals surface area contributed by atoms with Gasteiger partial charge < -0.3 is 0 Å². The average Bonchev–Trinajstić information content (AvgIpc) is 1.96. The van der Waals surface area contributed by atoms with E-state index in [0.717, 1.165) is 0 Å². The Balaban J connectivity index is 4.11. The number of rotatable bonds is 4. The number of hydrogen-bond donors (Lipinski definition) is 0. The highest BCUT2D eigenvalue weighted by atomic mass is 14.2. The summed E-state index contributed by atoms with van der Waals surface area (Å²) in [6.07, 6.45) is 6.95. The Morgan fingerprint density at radius 1 is 1.38 bits per heavy atom. The zero-order valence-corrected chi connectivity index (χ0v) is 9.43. The quantitative estimate of drug-likeness (QED) is 0.561. The van der Waals surface area contributed by atoms with Crippen molar-refractivity contribution >= 4 is 0 Å². The molecule has 0 aromatic carbocycles. The molecule has 0 heterocycles. The normalized spacial score (nSPS) is 14.5. The van der Waals surface area contributed by atoms with Crippen molar-refractivity contribution in [3.8, 4) is 0 Å². The number of hydrogen-bond acceptors (Lipinski definition) is 0. The lowest BCUT2D eigenvalue weighted by Crippen LogP contribution is -2.11. The van der Waals surface area contributed by atoms with E-state index in [4.69, 9.17) is 0 Å². The van der Waals surface area contributed by atoms with Gasteiger partial charge in [0.1, 0.15) is 0 Å². The molecule has 0 heteroatoms. The molecule has 0 spiro atoms. The van der Waals surface area contributed by atoms with Crippen LogP contribution in [0.1, 0.15) is 34.1 Å². The van der Waals surface area contributed by atoms with E-state index in [1.165, 1.54) is 12.0 Å². The van der Waals surface area contributed by atoms with E-state index in [-0.39, 0.29) is 0 Å². The van der Waals surface area contributed by atoms with Gasteiger partial charge in [0.05, 0.1) is 0 Å². The summed E-state index contributed by atoms with van der Waals surface area (Å²) >= 11 is 0. The van der Waals surface area contributed by atoms with E-state index in [1.807, 2.05) is 12.2 Å². The summed E-state index contributed by atoms with van der Waals surface area (Å²) in [7, 11) is 0. The molecule has 13 heavy (non-hydrogen) atoms. The largest absolute Gasteiger partial charge is 0.0991 e. The lowest BCUT2D eigenvalue weighted by atomic mass is 9.82. The maximum atomic E-state index is 4.04. The predicted molar refractivity (Wildman–Crippen MR) is 61.7 cm³/mol. The summed E-state index contributed by atoms with van der Waals surface area (Å²) in [4.78, 5) is 0. The van der Waals surface area contributed by atoms with Gasteiger partial charge in [0.25, 0.3) is 0 Å². The minimum atomic E-state index is 0.379. The second kappa shape index (κ2) is 5.06. The molecule has 0 aromatic heterocycles. The molecule has 0 rings (SSSR count). The first-order valence-electron chi connectivity index (χ1n) is 4.84. The minimum absolute atomic E-state index is 0.379. The van der Waals surface area contributed by atoms with Gasteiger partial charge in [0, 0.05) is 0 Å². The predicted octanol–water partition coefficient (Wildman–Crippen LogP) is 4.36. The highest BCUT2D eigenvalue weighted by Crippen LogP contribution is 2.28. The lowest BCUT2D eigenvalue weighted by Gasteiger charge is -2.23. The molecule has 0 amide bonds. The first kappa shape index (κ1) is 12.2. The summed E-state index contributed by atoms with van der Waals surface area (Å²) < 4.78 is 0. The Morgan fingerprint density at radius 3 is 2.31 bits per heavy atom. The Labute approximate surface area is 83.0 Å². The Bertz CT molecular complexity index is 201. The fourth-order valence-corrected chi connectivity index (χ4v) is 1.41. The molecule has 0 aliphatic rings. The second-order valence-electron chi connectivity index (χ2n) is 4.84. The molecule has 1 unspecified atom stereocenters. The van der Waals surface area contributed by atoms with E-state index in [1.54, 1.807) is 6.08 Å². The van der Waals surface area contributed by atoms with Gasteiger partial charge in [0.2, 0.25) is 0 Å². The van der Waals surface area contributed by atoms with Gasteiger partial charge in [-0.05, 0) is 17.8 Å². The molecule has 74 valence electrons. The van der Waals surface area contributed by atoms with Gasteiger partial charge in [0.15, 0.2) is 0 Å². The molecule has 0 aliphatic carbocycles. The summed E-state index contributed by atoms with van der Waals surface area (Å²) in [6, 6.07) is 0. The Morgan fingerprint density at radius 2 is 1.92 bits per heavy atom. The van der Waals surface area contributed by atoms with Gasteiger partial charge in [-0.2, -0.15) is 0 Å². The number of allylic oxidation sites excluding steroid dienone is 4. The summed E-state index contributed by atoms with van der Waals surface area (Å²) in [5.74, 6) is 0.552. The highest BCUT2D eigenvalue weighted by molar-refractivity contribution is 5.20. The van der Waals surface area contributed by atoms with Crippen molar-refractivity contribution in [2.75, 3.05) is 0 Å². The molecule has 0 aromatic rings. The zero-order valence-electron chi connectivity index (χ0n) is 9.43. The minimum Gasteiger partial charge on any atom is -0.0991 e. The fourth-order valence-electron chi connectivity index (χ4n) is 1.41. The molecule has 0 bridgehead atoms. The molecular formula is C13H22. The van der Waals surface area contributed by atoms with E-state index in [9.17, 15) is 0 Å². The van der Waals surface area contributed by atoms with Crippen molar-refractivity contribution < 1.29 is 0 Å². The SMILES string of the molecule is C=C/C=C\C(=C)C(C)CC(C)(C)C. The summed E-state index contributed by atoms with van der Waals surface area (Å²) in [6.45, 7) is 16.7. The zero-order chi connectivity index (χ0) is 10.5. The van der Waals surface area contributed by atoms with Crippen molar-refractivity contribution in [1.82, 2.24) is 0 Å². The third-order valence-corrected chi connectivity index (χ3v) is 2.00. The second-order valence-corrected chi connectivity index (χ2v) is 4.84. The van der Waals surface area contributed by atoms with Crippen molar-refractivity contribution in [1.29, 1.82) is 0 Å². The molecule has 0 saturated heterocycles. The topological polar surface area (TPSA) is 0 Å². The molecule has 0 aliphatic heterocycles. The van der Waals surface area contributed by atoms with Crippen LogP contribution in [0.3, 0.4) is 0 Å². The van der Waals surface area contributed by atoms with Crippen LogP contribution in [0.25, 0.3) is 0 Å². The van der Waals surface area contributed by atoms with Crippen molar-refractivity contribution in [3.63, 3.8) is 0 Å². The first-order valence-corrected chi connectivity index (χ1v) is 4.84. The first-order chi connectivity index (χ1) is 5.87. The average molecular weight is 178 g/mol. The van der Waals surface area contributed by atoms with Crippen LogP contribution in [0.5, 0.6) is 0 Å². The standard InChI is InChI=1S/C13H22/c1-7-8-9-11(2)12(3)10-13(4,5)6/h7-9,12H,1-2,10H2,3-6H3/b9-8-. The van der Waals surface area contributed by atoms with Crippen LogP contribution in [0.15, 0.2) is 37.0 Å². The molecular weight excluding hydrogens is 156 g/mol. The fraction of sp³-hybridized carbons (Fsp3) is 0.538. The van der Waals surface area contributed by atoms with Crippen LogP contribution >= 0.6 is 0 Å². The third-order valence-electron chi connectivity index (χ3n) is 2.00. The maximum Gasteiger partial charge on any atom is -0.0191 e. The monoisotopic (exact) mass is 178 g/mol. The third kappa shape index (κ3) is 6.39. The van der Waals surface area contributed by atoms with E-state index < -0.39 is 0 Å². The molecule has 0 fully saturated rings. The molecule has 0 nitrogen and oxygen atoms in total. The van der Waals surface area contributed by atoms with Crippen LogP contribution in [0.2, 0.25) is 0 Å². The molecule has 0 saturated carbocycles. The summed E-state index contributed by atoms with van der Waals surface area (Å²) in [5, 5.41) is 0. The van der Waals surface area contributed by atoms with Crippen LogP contribution in [0, 0.1) is 11.3 Å². The van der Waals surface area contributed by atoms with Crippen molar-refractivity contribution in [2.24, 2.45) is 11.3 Å². The van der Waals surface area contributed by atoms with Crippen LogP contribution < -0.4 is 0 Å². The maximum absolute atomic E-state index is 4.04. The van der Waals surface area contributed by atoms with Gasteiger partial charge in [-0.1, -0.05) is 64.7 Å². The van der Waals surface area contributed by atoms with Crippen LogP contribution in [0.4, 0.5) is 0 Å². The van der Waals surface area contributed by atoms with Crippen LogP contribution in [-0.4, -0.2) is 0 Å². The highest BCUT2D eigenvalue weighted by Gasteiger charge is 2.15. The molecule has 1 atom stereocenters. The van der Waals surface area contributed by atoms with Gasteiger partial charge in [-0.15, -0.1) is 0 Å². The van der Waals surface area contributed by atoms with Gasteiger partial charge in [-0.3, -0.25) is 0 Å². The smallest absolute Gasteiger partial charge is 0.0191 e. The van der Waals surface area contributed by atoms with Gasteiger partial charge in [-0.25, -0.2) is 0 Å². The van der Waals surface area contributed by atoms with E-state index >= 15 is 0 Å². The van der Waals surface area contributed by atoms with Crippen molar-refractivity contribution in [2.45, 2.75) is 34.1 Å². The molecule has 0 N–H and O–H groups in total. The van der Waals surface area contributed by atoms with E-state index in [2.05, 4.69) is 40.9 Å². The Hall–Kier alpha value is -0.780. The summed E-state index contributed by atoms with van der Waals surface area (Å²) in [5.41, 5.74) is 1.57. The van der Waals surface area contributed by atoms with Crippen molar-refractivity contribution in [3.05, 3.63) is 37.0 Å². The van der Waals surface area contributed by atoms with E-state index in [0.29, 0.717) is 11.3 Å². The lowest BCUT2D eigenvalue weighted by molar-refractivity contribution is 0.332. The van der Waals surface area contributed by atoms with Crippen LogP contribution in [-0.2, 0) is 0 Å². The van der Waals surface area contributed by atoms with Gasteiger partial charge >= 0.3 is 0 Å².